The van der Waals surface area contributed by atoms with Crippen molar-refractivity contribution >= 4 is 29.4 Å². The van der Waals surface area contributed by atoms with Gasteiger partial charge in [-0.15, -0.1) is 0 Å². The molecule has 2 N–H and O–H groups in total. The van der Waals surface area contributed by atoms with Crippen LogP contribution in [0.4, 0.5) is 5.69 Å². The van der Waals surface area contributed by atoms with Crippen molar-refractivity contribution < 1.29 is 14.3 Å². The number of benzene rings is 2. The van der Waals surface area contributed by atoms with Crippen LogP contribution in [0.25, 0.3) is 0 Å². The van der Waals surface area contributed by atoms with Gasteiger partial charge in [0.25, 0.3) is 5.91 Å². The number of ether oxygens (including phenoxy) is 2. The number of halogens is 1. The summed E-state index contributed by atoms with van der Waals surface area (Å²) in [5, 5.41) is 7.54. The van der Waals surface area contributed by atoms with Crippen molar-refractivity contribution in [2.24, 2.45) is 5.10 Å². The Bertz CT molecular complexity index is 718. The molecular formula is C17H18ClN3O3. The minimum Gasteiger partial charge on any atom is -0.497 e. The summed E-state index contributed by atoms with van der Waals surface area (Å²) in [4.78, 5) is 11.8. The highest BCUT2D eigenvalue weighted by Crippen LogP contribution is 2.22. The van der Waals surface area contributed by atoms with E-state index < -0.39 is 0 Å². The number of rotatable bonds is 7. The second kappa shape index (κ2) is 8.79. The van der Waals surface area contributed by atoms with Gasteiger partial charge in [0.15, 0.2) is 0 Å². The van der Waals surface area contributed by atoms with E-state index in [1.807, 2.05) is 0 Å². The number of hydrazone groups is 1. The van der Waals surface area contributed by atoms with E-state index in [1.54, 1.807) is 56.7 Å². The molecule has 7 heteroatoms. The standard InChI is InChI=1S/C17H18ClN3O3/c1-23-15-7-8-16(24-2)12(9-15)10-20-21-17(22)11-19-14-5-3-13(18)4-6-14/h3-10,19H,11H2,1-2H3,(H,21,22)/b20-10-. The predicted octanol–water partition coefficient (Wildman–Crippen LogP) is 2.92. The fourth-order valence-electron chi connectivity index (χ4n) is 1.90. The van der Waals surface area contributed by atoms with Gasteiger partial charge in [-0.1, -0.05) is 11.6 Å². The smallest absolute Gasteiger partial charge is 0.259 e. The molecule has 0 unspecified atom stereocenters. The normalized spacial score (nSPS) is 10.5. The number of nitrogens with one attached hydrogen (secondary N) is 2. The number of hydrogen-bond acceptors (Lipinski definition) is 5. The van der Waals surface area contributed by atoms with E-state index in [9.17, 15) is 4.79 Å². The summed E-state index contributed by atoms with van der Waals surface area (Å²) in [6.07, 6.45) is 1.50. The Morgan fingerprint density at radius 3 is 2.58 bits per heavy atom. The highest BCUT2D eigenvalue weighted by Gasteiger charge is 2.03. The van der Waals surface area contributed by atoms with Crippen molar-refractivity contribution in [2.45, 2.75) is 0 Å². The number of anilines is 1. The number of methoxy groups -OCH3 is 2. The lowest BCUT2D eigenvalue weighted by atomic mass is 10.2. The zero-order valence-corrected chi connectivity index (χ0v) is 14.1. The van der Waals surface area contributed by atoms with Crippen LogP contribution >= 0.6 is 11.6 Å². The van der Waals surface area contributed by atoms with E-state index in [-0.39, 0.29) is 12.5 Å². The molecule has 0 saturated heterocycles. The summed E-state index contributed by atoms with van der Waals surface area (Å²) in [6, 6.07) is 12.4. The zero-order chi connectivity index (χ0) is 17.4. The molecule has 6 nitrogen and oxygen atoms in total. The molecule has 0 aliphatic carbocycles. The minimum absolute atomic E-state index is 0.0915. The number of amides is 1. The van der Waals surface area contributed by atoms with Crippen molar-refractivity contribution in [1.82, 2.24) is 5.43 Å². The minimum atomic E-state index is -0.275. The van der Waals surface area contributed by atoms with Crippen molar-refractivity contribution in [3.05, 3.63) is 53.1 Å². The molecule has 0 aliphatic heterocycles. The van der Waals surface area contributed by atoms with Crippen molar-refractivity contribution in [3.63, 3.8) is 0 Å². The SMILES string of the molecule is COc1ccc(OC)c(/C=N\NC(=O)CNc2ccc(Cl)cc2)c1. The Morgan fingerprint density at radius 1 is 1.17 bits per heavy atom. The molecule has 1 amide bonds. The van der Waals surface area contributed by atoms with Crippen LogP contribution in [0.15, 0.2) is 47.6 Å². The monoisotopic (exact) mass is 347 g/mol. The first-order valence-electron chi connectivity index (χ1n) is 7.15. The first-order chi connectivity index (χ1) is 11.6. The highest BCUT2D eigenvalue weighted by molar-refractivity contribution is 6.30. The summed E-state index contributed by atoms with van der Waals surface area (Å²) in [7, 11) is 3.14. The summed E-state index contributed by atoms with van der Waals surface area (Å²) >= 11 is 5.80. The van der Waals surface area contributed by atoms with Crippen LogP contribution < -0.4 is 20.2 Å². The van der Waals surface area contributed by atoms with Gasteiger partial charge in [0.05, 0.1) is 27.0 Å². The Kier molecular flexibility index (Phi) is 6.45. The highest BCUT2D eigenvalue weighted by atomic mass is 35.5. The maximum Gasteiger partial charge on any atom is 0.259 e. The third-order valence-corrected chi connectivity index (χ3v) is 3.38. The largest absolute Gasteiger partial charge is 0.497 e. The van der Waals surface area contributed by atoms with E-state index in [2.05, 4.69) is 15.8 Å². The van der Waals surface area contributed by atoms with Gasteiger partial charge >= 0.3 is 0 Å². The van der Waals surface area contributed by atoms with Crippen molar-refractivity contribution in [3.8, 4) is 11.5 Å². The molecule has 0 fully saturated rings. The van der Waals surface area contributed by atoms with Gasteiger partial charge < -0.3 is 14.8 Å². The van der Waals surface area contributed by atoms with Crippen LogP contribution in [0, 0.1) is 0 Å². The Morgan fingerprint density at radius 2 is 1.92 bits per heavy atom. The molecule has 2 rings (SSSR count). The quantitative estimate of drug-likeness (QED) is 0.596. The lowest BCUT2D eigenvalue weighted by Gasteiger charge is -2.07. The lowest BCUT2D eigenvalue weighted by Crippen LogP contribution is -2.25. The fourth-order valence-corrected chi connectivity index (χ4v) is 2.03. The van der Waals surface area contributed by atoms with Gasteiger partial charge in [0.2, 0.25) is 0 Å². The zero-order valence-electron chi connectivity index (χ0n) is 13.4. The Labute approximate surface area is 145 Å². The molecule has 0 aromatic heterocycles. The molecular weight excluding hydrogens is 330 g/mol. The number of hydrogen-bond donors (Lipinski definition) is 2. The maximum absolute atomic E-state index is 11.8. The third-order valence-electron chi connectivity index (χ3n) is 3.13. The molecule has 2 aromatic carbocycles. The number of carbonyl (C=O) groups excluding carboxylic acids is 1. The van der Waals surface area contributed by atoms with E-state index in [4.69, 9.17) is 21.1 Å². The fraction of sp³-hybridized carbons (Fsp3) is 0.176. The number of nitrogens with zero attached hydrogens (tertiary/aromatic N) is 1. The molecule has 0 atom stereocenters. The predicted molar refractivity (Wildman–Crippen MR) is 95.2 cm³/mol. The second-order valence-electron chi connectivity index (χ2n) is 4.76. The molecule has 0 bridgehead atoms. The lowest BCUT2D eigenvalue weighted by molar-refractivity contribution is -0.119. The van der Waals surface area contributed by atoms with Gasteiger partial charge in [-0.3, -0.25) is 4.79 Å². The molecule has 0 aliphatic rings. The summed E-state index contributed by atoms with van der Waals surface area (Å²) < 4.78 is 10.4. The molecule has 2 aromatic rings. The summed E-state index contributed by atoms with van der Waals surface area (Å²) in [6.45, 7) is 0.0915. The van der Waals surface area contributed by atoms with Crippen molar-refractivity contribution in [1.29, 1.82) is 0 Å². The first kappa shape index (κ1) is 17.6. The topological polar surface area (TPSA) is 72.0 Å². The van der Waals surface area contributed by atoms with Gasteiger partial charge in [-0.2, -0.15) is 5.10 Å². The van der Waals surface area contributed by atoms with Crippen LogP contribution in [0.3, 0.4) is 0 Å². The third kappa shape index (κ3) is 5.17. The molecule has 24 heavy (non-hydrogen) atoms. The van der Waals surface area contributed by atoms with Gasteiger partial charge in [-0.25, -0.2) is 5.43 Å². The Balaban J connectivity index is 1.89. The molecule has 0 radical (unpaired) electrons. The van der Waals surface area contributed by atoms with Crippen LogP contribution in [-0.2, 0) is 4.79 Å². The summed E-state index contributed by atoms with van der Waals surface area (Å²) in [5.74, 6) is 1.03. The summed E-state index contributed by atoms with van der Waals surface area (Å²) in [5.41, 5.74) is 3.94. The van der Waals surface area contributed by atoms with Gasteiger partial charge in [0.1, 0.15) is 11.5 Å². The van der Waals surface area contributed by atoms with Crippen molar-refractivity contribution in [2.75, 3.05) is 26.1 Å². The molecule has 126 valence electrons. The Hall–Kier alpha value is -2.73. The average molecular weight is 348 g/mol. The van der Waals surface area contributed by atoms with Crippen LogP contribution in [0.5, 0.6) is 11.5 Å². The van der Waals surface area contributed by atoms with Crippen LogP contribution in [0.2, 0.25) is 5.02 Å². The maximum atomic E-state index is 11.8. The second-order valence-corrected chi connectivity index (χ2v) is 5.20. The van der Waals surface area contributed by atoms with Crippen LogP contribution in [0.1, 0.15) is 5.56 Å². The number of carbonyl (C=O) groups is 1. The van der Waals surface area contributed by atoms with Gasteiger partial charge in [0, 0.05) is 16.3 Å². The average Bonchev–Trinajstić information content (AvgIpc) is 2.61. The molecule has 0 saturated carbocycles. The van der Waals surface area contributed by atoms with E-state index >= 15 is 0 Å². The van der Waals surface area contributed by atoms with Crippen LogP contribution in [-0.4, -0.2) is 32.9 Å². The molecule has 0 spiro atoms. The van der Waals surface area contributed by atoms with Gasteiger partial charge in [-0.05, 0) is 42.5 Å². The van der Waals surface area contributed by atoms with E-state index in [0.29, 0.717) is 22.1 Å². The van der Waals surface area contributed by atoms with E-state index in [0.717, 1.165) is 5.69 Å². The van der Waals surface area contributed by atoms with E-state index in [1.165, 1.54) is 6.21 Å². The molecule has 0 heterocycles. The first-order valence-corrected chi connectivity index (χ1v) is 7.53.